The number of carbonyl (C=O) groups excluding carboxylic acids is 1. The van der Waals surface area contributed by atoms with E-state index in [9.17, 15) is 4.79 Å². The Morgan fingerprint density at radius 2 is 1.95 bits per heavy atom. The molecule has 0 spiro atoms. The van der Waals surface area contributed by atoms with Crippen molar-refractivity contribution in [1.29, 1.82) is 0 Å². The SMILES string of the molecule is CCCCCCOc1cccc2ccc(C(C)=O)cc12. The largest absolute Gasteiger partial charge is 0.493 e. The number of unbranched alkanes of at least 4 members (excludes halogenated alkanes) is 3. The second-order valence-electron chi connectivity index (χ2n) is 5.16. The molecule has 0 saturated heterocycles. The molecule has 0 aliphatic rings. The highest BCUT2D eigenvalue weighted by molar-refractivity contribution is 6.00. The van der Waals surface area contributed by atoms with E-state index >= 15 is 0 Å². The summed E-state index contributed by atoms with van der Waals surface area (Å²) in [7, 11) is 0. The zero-order chi connectivity index (χ0) is 14.4. The molecule has 20 heavy (non-hydrogen) atoms. The van der Waals surface area contributed by atoms with Crippen LogP contribution in [0.5, 0.6) is 5.75 Å². The summed E-state index contributed by atoms with van der Waals surface area (Å²) >= 11 is 0. The summed E-state index contributed by atoms with van der Waals surface area (Å²) in [6.45, 7) is 4.54. The number of benzene rings is 2. The molecule has 0 heterocycles. The summed E-state index contributed by atoms with van der Waals surface area (Å²) in [4.78, 5) is 11.5. The molecule has 0 fully saturated rings. The fourth-order valence-corrected chi connectivity index (χ4v) is 2.30. The Kier molecular flexibility index (Phi) is 5.16. The molecule has 0 unspecified atom stereocenters. The zero-order valence-electron chi connectivity index (χ0n) is 12.3. The van der Waals surface area contributed by atoms with Crippen molar-refractivity contribution in [1.82, 2.24) is 0 Å². The van der Waals surface area contributed by atoms with E-state index in [4.69, 9.17) is 4.74 Å². The normalized spacial score (nSPS) is 10.7. The monoisotopic (exact) mass is 270 g/mol. The van der Waals surface area contributed by atoms with Crippen LogP contribution in [0, 0.1) is 0 Å². The van der Waals surface area contributed by atoms with E-state index in [2.05, 4.69) is 6.92 Å². The topological polar surface area (TPSA) is 26.3 Å². The number of hydrogen-bond donors (Lipinski definition) is 0. The molecule has 0 bridgehead atoms. The molecular formula is C18H22O2. The quantitative estimate of drug-likeness (QED) is 0.522. The Bertz CT molecular complexity index is 587. The van der Waals surface area contributed by atoms with Crippen LogP contribution in [0.3, 0.4) is 0 Å². The molecular weight excluding hydrogens is 248 g/mol. The van der Waals surface area contributed by atoms with E-state index in [1.807, 2.05) is 36.4 Å². The van der Waals surface area contributed by atoms with Crippen molar-refractivity contribution in [2.45, 2.75) is 39.5 Å². The molecule has 0 atom stereocenters. The van der Waals surface area contributed by atoms with Gasteiger partial charge in [-0.05, 0) is 30.9 Å². The van der Waals surface area contributed by atoms with Gasteiger partial charge in [0.2, 0.25) is 0 Å². The molecule has 0 radical (unpaired) electrons. The third kappa shape index (κ3) is 3.60. The van der Waals surface area contributed by atoms with Crippen LogP contribution in [0.2, 0.25) is 0 Å². The van der Waals surface area contributed by atoms with Crippen LogP contribution in [0.4, 0.5) is 0 Å². The Morgan fingerprint density at radius 3 is 2.70 bits per heavy atom. The van der Waals surface area contributed by atoms with Gasteiger partial charge in [0.05, 0.1) is 6.61 Å². The lowest BCUT2D eigenvalue weighted by Gasteiger charge is -2.10. The molecule has 2 heteroatoms. The Hall–Kier alpha value is -1.83. The van der Waals surface area contributed by atoms with Crippen LogP contribution in [0.25, 0.3) is 10.8 Å². The summed E-state index contributed by atoms with van der Waals surface area (Å²) < 4.78 is 5.89. The van der Waals surface area contributed by atoms with Crippen molar-refractivity contribution in [3.63, 3.8) is 0 Å². The van der Waals surface area contributed by atoms with Crippen molar-refractivity contribution in [3.05, 3.63) is 42.0 Å². The van der Waals surface area contributed by atoms with Gasteiger partial charge in [0.25, 0.3) is 0 Å². The smallest absolute Gasteiger partial charge is 0.159 e. The van der Waals surface area contributed by atoms with Gasteiger partial charge in [-0.2, -0.15) is 0 Å². The molecule has 2 nitrogen and oxygen atoms in total. The standard InChI is InChI=1S/C18H22O2/c1-3-4-5-6-12-20-18-9-7-8-15-10-11-16(14(2)19)13-17(15)18/h7-11,13H,3-6,12H2,1-2H3. The summed E-state index contributed by atoms with van der Waals surface area (Å²) in [5, 5.41) is 2.14. The zero-order valence-corrected chi connectivity index (χ0v) is 12.3. The number of carbonyl (C=O) groups is 1. The molecule has 0 saturated carbocycles. The second kappa shape index (κ2) is 7.09. The molecule has 0 amide bonds. The Morgan fingerprint density at radius 1 is 1.10 bits per heavy atom. The van der Waals surface area contributed by atoms with Crippen LogP contribution in [-0.4, -0.2) is 12.4 Å². The van der Waals surface area contributed by atoms with E-state index < -0.39 is 0 Å². The van der Waals surface area contributed by atoms with Crippen LogP contribution in [0.15, 0.2) is 36.4 Å². The predicted octanol–water partition coefficient (Wildman–Crippen LogP) is 5.00. The van der Waals surface area contributed by atoms with Crippen molar-refractivity contribution in [2.75, 3.05) is 6.61 Å². The van der Waals surface area contributed by atoms with Crippen molar-refractivity contribution in [3.8, 4) is 5.75 Å². The van der Waals surface area contributed by atoms with Crippen LogP contribution in [0.1, 0.15) is 49.9 Å². The summed E-state index contributed by atoms with van der Waals surface area (Å²) in [5.41, 5.74) is 0.736. The van der Waals surface area contributed by atoms with E-state index in [1.165, 1.54) is 19.3 Å². The molecule has 106 valence electrons. The molecule has 0 aromatic heterocycles. The fraction of sp³-hybridized carbons (Fsp3) is 0.389. The fourth-order valence-electron chi connectivity index (χ4n) is 2.30. The Labute approximate surface area is 120 Å². The van der Waals surface area contributed by atoms with Gasteiger partial charge in [0.1, 0.15) is 5.75 Å². The van der Waals surface area contributed by atoms with E-state index in [-0.39, 0.29) is 5.78 Å². The minimum absolute atomic E-state index is 0.0876. The summed E-state index contributed by atoms with van der Waals surface area (Å²) in [5.74, 6) is 0.965. The van der Waals surface area contributed by atoms with Gasteiger partial charge in [0.15, 0.2) is 5.78 Å². The lowest BCUT2D eigenvalue weighted by molar-refractivity contribution is 0.101. The van der Waals surface area contributed by atoms with Gasteiger partial charge >= 0.3 is 0 Å². The third-order valence-corrected chi connectivity index (χ3v) is 3.50. The highest BCUT2D eigenvalue weighted by atomic mass is 16.5. The second-order valence-corrected chi connectivity index (χ2v) is 5.16. The van der Waals surface area contributed by atoms with Crippen molar-refractivity contribution < 1.29 is 9.53 Å². The number of ketones is 1. The van der Waals surface area contributed by atoms with Gasteiger partial charge in [-0.25, -0.2) is 0 Å². The summed E-state index contributed by atoms with van der Waals surface area (Å²) in [6.07, 6.45) is 4.78. The minimum atomic E-state index is 0.0876. The van der Waals surface area contributed by atoms with Gasteiger partial charge in [0, 0.05) is 10.9 Å². The Balaban J connectivity index is 2.15. The summed E-state index contributed by atoms with van der Waals surface area (Å²) in [6, 6.07) is 11.8. The van der Waals surface area contributed by atoms with Gasteiger partial charge < -0.3 is 4.74 Å². The van der Waals surface area contributed by atoms with Gasteiger partial charge in [-0.1, -0.05) is 50.5 Å². The first-order chi connectivity index (χ1) is 9.72. The molecule has 0 N–H and O–H groups in total. The lowest BCUT2D eigenvalue weighted by atomic mass is 10.0. The molecule has 2 aromatic carbocycles. The first kappa shape index (κ1) is 14.6. The average molecular weight is 270 g/mol. The maximum absolute atomic E-state index is 11.5. The number of hydrogen-bond acceptors (Lipinski definition) is 2. The van der Waals surface area contributed by atoms with E-state index in [0.717, 1.165) is 35.1 Å². The van der Waals surface area contributed by atoms with Crippen molar-refractivity contribution in [2.24, 2.45) is 0 Å². The van der Waals surface area contributed by atoms with E-state index in [1.54, 1.807) is 6.92 Å². The molecule has 2 rings (SSSR count). The van der Waals surface area contributed by atoms with Gasteiger partial charge in [-0.3, -0.25) is 4.79 Å². The number of fused-ring (bicyclic) bond motifs is 1. The highest BCUT2D eigenvalue weighted by Gasteiger charge is 2.05. The molecule has 2 aromatic rings. The number of Topliss-reactive ketones (excluding diaryl/α,β-unsaturated/α-hetero) is 1. The minimum Gasteiger partial charge on any atom is -0.493 e. The van der Waals surface area contributed by atoms with Crippen LogP contribution >= 0.6 is 0 Å². The van der Waals surface area contributed by atoms with Crippen LogP contribution in [-0.2, 0) is 0 Å². The molecule has 0 aliphatic heterocycles. The number of ether oxygens (including phenoxy) is 1. The molecule has 0 aliphatic carbocycles. The predicted molar refractivity (Wildman–Crippen MR) is 83.6 cm³/mol. The average Bonchev–Trinajstić information content (AvgIpc) is 2.46. The lowest BCUT2D eigenvalue weighted by Crippen LogP contribution is -1.98. The van der Waals surface area contributed by atoms with E-state index in [0.29, 0.717) is 0 Å². The highest BCUT2D eigenvalue weighted by Crippen LogP contribution is 2.27. The third-order valence-electron chi connectivity index (χ3n) is 3.50. The van der Waals surface area contributed by atoms with Crippen LogP contribution < -0.4 is 4.74 Å². The first-order valence-electron chi connectivity index (χ1n) is 7.39. The maximum atomic E-state index is 11.5. The van der Waals surface area contributed by atoms with Crippen molar-refractivity contribution >= 4 is 16.6 Å². The number of rotatable bonds is 7. The first-order valence-corrected chi connectivity index (χ1v) is 7.39. The maximum Gasteiger partial charge on any atom is 0.159 e. The van der Waals surface area contributed by atoms with Gasteiger partial charge in [-0.15, -0.1) is 0 Å².